The molecule has 1 amide bonds. The van der Waals surface area contributed by atoms with Gasteiger partial charge in [-0.2, -0.15) is 5.26 Å². The Morgan fingerprint density at radius 2 is 1.93 bits per heavy atom. The summed E-state index contributed by atoms with van der Waals surface area (Å²) in [6.45, 7) is 6.79. The van der Waals surface area contributed by atoms with E-state index in [1.54, 1.807) is 6.92 Å². The second kappa shape index (κ2) is 10.6. The standard InChI is InChI=1S/C31H37N5O7/c1-13-7-17-8-19-21(10-32)36-20(25(35(19)5)23(17)26(38)27(13)40-6)9-18-24(22(36)11-34-31(39)15(3)33)30-29(41-12-42-30)14(2)28(18)43-16(4)37/h7,15,19-22,25,38H,8-9,11-12,33H2,1-6H3,(H,34,39)/t15-,19-,20?,21+,22+,25+/m1/s1. The lowest BCUT2D eigenvalue weighted by Crippen LogP contribution is -2.68. The third-order valence-electron chi connectivity index (χ3n) is 9.39. The van der Waals surface area contributed by atoms with Crippen molar-refractivity contribution < 1.29 is 33.6 Å². The van der Waals surface area contributed by atoms with Gasteiger partial charge in [-0.15, -0.1) is 0 Å². The zero-order valence-corrected chi connectivity index (χ0v) is 25.2. The Bertz CT molecular complexity index is 1570. The van der Waals surface area contributed by atoms with Gasteiger partial charge in [0.1, 0.15) is 11.8 Å². The number of fused-ring (bicyclic) bond motifs is 9. The van der Waals surface area contributed by atoms with Gasteiger partial charge in [-0.3, -0.25) is 19.4 Å². The van der Waals surface area contributed by atoms with Gasteiger partial charge in [0.15, 0.2) is 23.0 Å². The van der Waals surface area contributed by atoms with Crippen molar-refractivity contribution >= 4 is 11.9 Å². The molecule has 6 atom stereocenters. The Morgan fingerprint density at radius 1 is 1.21 bits per heavy atom. The van der Waals surface area contributed by atoms with Crippen LogP contribution in [0.2, 0.25) is 0 Å². The molecular weight excluding hydrogens is 554 g/mol. The monoisotopic (exact) mass is 591 g/mol. The van der Waals surface area contributed by atoms with Crippen LogP contribution in [0.3, 0.4) is 0 Å². The number of amides is 1. The van der Waals surface area contributed by atoms with Gasteiger partial charge in [-0.05, 0) is 51.8 Å². The second-order valence-electron chi connectivity index (χ2n) is 11.9. The Kier molecular flexibility index (Phi) is 7.15. The number of hydrogen-bond donors (Lipinski definition) is 3. The number of benzene rings is 2. The van der Waals surface area contributed by atoms with Crippen LogP contribution in [-0.2, 0) is 22.4 Å². The van der Waals surface area contributed by atoms with Crippen molar-refractivity contribution in [3.05, 3.63) is 39.4 Å². The fraction of sp³-hybridized carbons (Fsp3) is 0.516. The number of rotatable bonds is 5. The first-order chi connectivity index (χ1) is 20.5. The smallest absolute Gasteiger partial charge is 0.308 e. The maximum absolute atomic E-state index is 12.8. The Balaban J connectivity index is 1.61. The number of hydrogen-bond acceptors (Lipinski definition) is 11. The number of nitrogens with one attached hydrogen (secondary N) is 1. The van der Waals surface area contributed by atoms with Gasteiger partial charge in [-0.25, -0.2) is 0 Å². The van der Waals surface area contributed by atoms with Crippen LogP contribution in [0.1, 0.15) is 59.3 Å². The molecule has 2 bridgehead atoms. The predicted molar refractivity (Wildman–Crippen MR) is 154 cm³/mol. The average molecular weight is 592 g/mol. The third-order valence-corrected chi connectivity index (χ3v) is 9.39. The minimum atomic E-state index is -0.739. The number of phenols is 1. The van der Waals surface area contributed by atoms with E-state index in [4.69, 9.17) is 24.7 Å². The summed E-state index contributed by atoms with van der Waals surface area (Å²) in [5.74, 6) is 1.05. The lowest BCUT2D eigenvalue weighted by atomic mass is 9.71. The lowest BCUT2D eigenvalue weighted by molar-refractivity contribution is -0.132. The van der Waals surface area contributed by atoms with E-state index in [-0.39, 0.29) is 43.1 Å². The van der Waals surface area contributed by atoms with E-state index in [0.29, 0.717) is 47.0 Å². The minimum Gasteiger partial charge on any atom is -0.504 e. The van der Waals surface area contributed by atoms with E-state index in [2.05, 4.69) is 21.2 Å². The van der Waals surface area contributed by atoms with Gasteiger partial charge >= 0.3 is 5.97 Å². The number of piperazine rings is 1. The Morgan fingerprint density at radius 3 is 2.58 bits per heavy atom. The van der Waals surface area contributed by atoms with Crippen LogP contribution >= 0.6 is 0 Å². The number of likely N-dealkylation sites (N-methyl/N-ethyl adjacent to an activating group) is 1. The second-order valence-corrected chi connectivity index (χ2v) is 11.9. The number of nitriles is 1. The number of nitrogens with two attached hydrogens (primary N) is 1. The third kappa shape index (κ3) is 4.29. The molecule has 228 valence electrons. The number of methoxy groups -OCH3 is 1. The SMILES string of the molecule is COc1c(C)cc2c(c1O)[C@@H]1C3Cc4c(OC(C)=O)c(C)c5c(c4[C@H](CNC(=O)[C@@H](C)N)N3[C@@H](C#N)[C@@H](C2)N1C)OCO5. The normalized spacial score (nSPS) is 26.0. The molecule has 0 saturated carbocycles. The maximum atomic E-state index is 12.8. The summed E-state index contributed by atoms with van der Waals surface area (Å²) < 4.78 is 23.3. The summed E-state index contributed by atoms with van der Waals surface area (Å²) in [6, 6.07) is 1.83. The Hall–Kier alpha value is -4.05. The van der Waals surface area contributed by atoms with E-state index >= 15 is 0 Å². The molecule has 0 radical (unpaired) electrons. The highest BCUT2D eigenvalue weighted by molar-refractivity contribution is 5.81. The van der Waals surface area contributed by atoms with Crippen LogP contribution in [0.25, 0.3) is 0 Å². The Labute approximate surface area is 250 Å². The van der Waals surface area contributed by atoms with Crippen LogP contribution in [0, 0.1) is 25.2 Å². The average Bonchev–Trinajstić information content (AvgIpc) is 3.44. The van der Waals surface area contributed by atoms with Crippen molar-refractivity contribution in [2.24, 2.45) is 5.73 Å². The van der Waals surface area contributed by atoms with Gasteiger partial charge in [0.2, 0.25) is 12.7 Å². The topological polar surface area (TPSA) is 160 Å². The number of carbonyl (C=O) groups is 2. The summed E-state index contributed by atoms with van der Waals surface area (Å²) in [7, 11) is 3.51. The number of nitrogens with zero attached hydrogens (tertiary/aromatic N) is 3. The summed E-state index contributed by atoms with van der Waals surface area (Å²) in [6.07, 6.45) is 0.917. The summed E-state index contributed by atoms with van der Waals surface area (Å²) in [5.41, 5.74) is 10.5. The molecule has 6 rings (SSSR count). The quantitative estimate of drug-likeness (QED) is 0.344. The number of esters is 1. The molecule has 0 spiro atoms. The molecule has 12 heteroatoms. The van der Waals surface area contributed by atoms with E-state index in [9.17, 15) is 20.0 Å². The fourth-order valence-electron chi connectivity index (χ4n) is 7.67. The predicted octanol–water partition coefficient (Wildman–Crippen LogP) is 1.91. The number of aromatic hydroxyl groups is 1. The summed E-state index contributed by atoms with van der Waals surface area (Å²) >= 11 is 0. The highest BCUT2D eigenvalue weighted by atomic mass is 16.7. The van der Waals surface area contributed by atoms with Crippen LogP contribution in [-0.4, -0.2) is 78.4 Å². The van der Waals surface area contributed by atoms with E-state index in [1.165, 1.54) is 14.0 Å². The van der Waals surface area contributed by atoms with Crippen LogP contribution in [0.15, 0.2) is 6.07 Å². The molecule has 1 unspecified atom stereocenters. The van der Waals surface area contributed by atoms with Crippen molar-refractivity contribution in [1.29, 1.82) is 5.26 Å². The first-order valence-corrected chi connectivity index (χ1v) is 14.4. The number of ether oxygens (including phenoxy) is 4. The number of phenolic OH excluding ortho intramolecular Hbond substituents is 1. The zero-order valence-electron chi connectivity index (χ0n) is 25.2. The van der Waals surface area contributed by atoms with Crippen molar-refractivity contribution in [2.45, 2.75) is 76.8 Å². The number of aryl methyl sites for hydroxylation is 1. The largest absolute Gasteiger partial charge is 0.504 e. The first-order valence-electron chi connectivity index (χ1n) is 14.4. The molecule has 12 nitrogen and oxygen atoms in total. The first kappa shape index (κ1) is 29.0. The summed E-state index contributed by atoms with van der Waals surface area (Å²) in [4.78, 5) is 29.4. The minimum absolute atomic E-state index is 0.00939. The van der Waals surface area contributed by atoms with Crippen molar-refractivity contribution in [2.75, 3.05) is 27.5 Å². The molecule has 43 heavy (non-hydrogen) atoms. The van der Waals surface area contributed by atoms with Crippen molar-refractivity contribution in [1.82, 2.24) is 15.1 Å². The summed E-state index contributed by atoms with van der Waals surface area (Å²) in [5, 5.41) is 25.3. The van der Waals surface area contributed by atoms with Gasteiger partial charge in [0, 0.05) is 47.8 Å². The molecule has 4 aliphatic heterocycles. The highest BCUT2D eigenvalue weighted by Crippen LogP contribution is 2.58. The fourth-order valence-corrected chi connectivity index (χ4v) is 7.67. The molecule has 2 aromatic carbocycles. The van der Waals surface area contributed by atoms with Gasteiger partial charge < -0.3 is 35.1 Å². The van der Waals surface area contributed by atoms with E-state index in [1.807, 2.05) is 27.0 Å². The molecule has 0 aliphatic carbocycles. The van der Waals surface area contributed by atoms with Crippen LogP contribution < -0.4 is 30.0 Å². The molecule has 4 N–H and O–H groups in total. The van der Waals surface area contributed by atoms with Gasteiger partial charge in [0.05, 0.1) is 31.3 Å². The lowest BCUT2D eigenvalue weighted by Gasteiger charge is -2.60. The van der Waals surface area contributed by atoms with Gasteiger partial charge in [0.25, 0.3) is 0 Å². The molecule has 1 fully saturated rings. The molecule has 4 heterocycles. The highest BCUT2D eigenvalue weighted by Gasteiger charge is 2.56. The van der Waals surface area contributed by atoms with Crippen LogP contribution in [0.4, 0.5) is 0 Å². The molecule has 0 aromatic heterocycles. The maximum Gasteiger partial charge on any atom is 0.308 e. The number of carbonyl (C=O) groups excluding carboxylic acids is 2. The zero-order chi connectivity index (χ0) is 30.9. The molecule has 4 aliphatic rings. The van der Waals surface area contributed by atoms with E-state index < -0.39 is 24.1 Å². The van der Waals surface area contributed by atoms with Crippen molar-refractivity contribution in [3.63, 3.8) is 0 Å². The van der Waals surface area contributed by atoms with Crippen LogP contribution in [0.5, 0.6) is 28.7 Å². The van der Waals surface area contributed by atoms with Gasteiger partial charge in [-0.1, -0.05) is 6.07 Å². The molecule has 1 saturated heterocycles. The molecule has 2 aromatic rings. The van der Waals surface area contributed by atoms with Crippen molar-refractivity contribution in [3.8, 4) is 34.8 Å². The molecular formula is C31H37N5O7. The van der Waals surface area contributed by atoms with E-state index in [0.717, 1.165) is 22.3 Å².